The molecule has 1 amide bonds. The quantitative estimate of drug-likeness (QED) is 0.594. The molecule has 0 saturated carbocycles. The predicted octanol–water partition coefficient (Wildman–Crippen LogP) is 4.87. The van der Waals surface area contributed by atoms with E-state index in [0.717, 1.165) is 11.1 Å². The first-order valence-electron chi connectivity index (χ1n) is 9.68. The van der Waals surface area contributed by atoms with Crippen LogP contribution in [0.1, 0.15) is 44.8 Å². The fraction of sp³-hybridized carbons (Fsp3) is 0.250. The van der Waals surface area contributed by atoms with Gasteiger partial charge in [-0.05, 0) is 50.1 Å². The van der Waals surface area contributed by atoms with E-state index in [0.29, 0.717) is 33.2 Å². The summed E-state index contributed by atoms with van der Waals surface area (Å²) in [6, 6.07) is 12.8. The molecule has 30 heavy (non-hydrogen) atoms. The molecule has 0 spiro atoms. The Bertz CT molecular complexity index is 1130. The van der Waals surface area contributed by atoms with Crippen LogP contribution in [0, 0.1) is 20.8 Å². The van der Waals surface area contributed by atoms with Crippen molar-refractivity contribution in [1.29, 1.82) is 0 Å². The summed E-state index contributed by atoms with van der Waals surface area (Å²) in [5, 5.41) is 11.9. The van der Waals surface area contributed by atoms with Gasteiger partial charge in [-0.15, -0.1) is 0 Å². The first-order chi connectivity index (χ1) is 14.2. The molecule has 3 aromatic rings. The van der Waals surface area contributed by atoms with E-state index in [1.807, 2.05) is 31.2 Å². The number of carbonyl (C=O) groups is 2. The highest BCUT2D eigenvalue weighted by Gasteiger charge is 2.51. The summed E-state index contributed by atoms with van der Waals surface area (Å²) in [4.78, 5) is 27.9. The number of benzene rings is 2. The molecule has 4 rings (SSSR count). The van der Waals surface area contributed by atoms with E-state index in [-0.39, 0.29) is 18.7 Å². The van der Waals surface area contributed by atoms with Gasteiger partial charge in [-0.2, -0.15) is 0 Å². The Morgan fingerprint density at radius 3 is 2.47 bits per heavy atom. The second-order valence-electron chi connectivity index (χ2n) is 7.85. The van der Waals surface area contributed by atoms with Gasteiger partial charge < -0.3 is 14.4 Å². The van der Waals surface area contributed by atoms with Crippen molar-refractivity contribution in [3.05, 3.63) is 87.3 Å². The van der Waals surface area contributed by atoms with Crippen molar-refractivity contribution in [3.8, 4) is 0 Å². The molecule has 1 N–H and O–H groups in total. The molecule has 0 fully saturated rings. The number of Topliss-reactive ketones (excluding diaryl/α,β-unsaturated/α-hetero) is 1. The first kappa shape index (κ1) is 20.4. The van der Waals surface area contributed by atoms with Crippen LogP contribution >= 0.6 is 11.6 Å². The average Bonchev–Trinajstić information content (AvgIpc) is 3.13. The van der Waals surface area contributed by atoms with Crippen LogP contribution in [0.5, 0.6) is 0 Å². The number of furan rings is 1. The average molecular weight is 424 g/mol. The lowest BCUT2D eigenvalue weighted by atomic mass is 9.87. The van der Waals surface area contributed by atoms with Crippen LogP contribution in [0.2, 0.25) is 5.02 Å². The molecule has 1 atom stereocenters. The predicted molar refractivity (Wildman–Crippen MR) is 115 cm³/mol. The van der Waals surface area contributed by atoms with Gasteiger partial charge in [0.15, 0.2) is 11.4 Å². The van der Waals surface area contributed by atoms with Crippen molar-refractivity contribution in [2.45, 2.75) is 39.3 Å². The van der Waals surface area contributed by atoms with Gasteiger partial charge in [-0.25, -0.2) is 0 Å². The van der Waals surface area contributed by atoms with Crippen molar-refractivity contribution >= 4 is 29.0 Å². The van der Waals surface area contributed by atoms with Crippen LogP contribution in [0.4, 0.5) is 5.69 Å². The number of carbonyl (C=O) groups excluding carboxylic acids is 2. The molecule has 2 aromatic carbocycles. The van der Waals surface area contributed by atoms with E-state index >= 15 is 0 Å². The molecule has 5 nitrogen and oxygen atoms in total. The van der Waals surface area contributed by atoms with Gasteiger partial charge in [0.2, 0.25) is 0 Å². The molecule has 1 aliphatic rings. The smallest absolute Gasteiger partial charge is 0.264 e. The molecule has 1 unspecified atom stereocenters. The highest BCUT2D eigenvalue weighted by atomic mass is 35.5. The number of aryl methyl sites for hydroxylation is 3. The fourth-order valence-electron chi connectivity index (χ4n) is 4.04. The minimum atomic E-state index is -1.99. The Morgan fingerprint density at radius 1 is 1.13 bits per heavy atom. The maximum Gasteiger partial charge on any atom is 0.264 e. The normalized spacial score (nSPS) is 18.0. The zero-order valence-corrected chi connectivity index (χ0v) is 17.8. The largest absolute Gasteiger partial charge is 0.469 e. The lowest BCUT2D eigenvalue weighted by Gasteiger charge is -2.23. The number of hydrogen-bond donors (Lipinski definition) is 1. The summed E-state index contributed by atoms with van der Waals surface area (Å²) >= 11 is 6.17. The van der Waals surface area contributed by atoms with Crippen LogP contribution in [-0.2, 0) is 16.9 Å². The zero-order chi connectivity index (χ0) is 21.6. The number of halogens is 1. The molecule has 2 heterocycles. The number of rotatable bonds is 5. The number of hydrogen-bond acceptors (Lipinski definition) is 4. The van der Waals surface area contributed by atoms with E-state index in [4.69, 9.17) is 16.0 Å². The van der Waals surface area contributed by atoms with Crippen molar-refractivity contribution < 1.29 is 19.1 Å². The Kier molecular flexibility index (Phi) is 5.04. The zero-order valence-electron chi connectivity index (χ0n) is 17.0. The molecule has 0 aliphatic carbocycles. The molecule has 0 radical (unpaired) electrons. The van der Waals surface area contributed by atoms with E-state index in [9.17, 15) is 14.7 Å². The summed E-state index contributed by atoms with van der Waals surface area (Å²) in [7, 11) is 0. The molecule has 1 aliphatic heterocycles. The summed E-state index contributed by atoms with van der Waals surface area (Å²) < 4.78 is 5.32. The maximum atomic E-state index is 13.4. The van der Waals surface area contributed by atoms with Gasteiger partial charge in [0.25, 0.3) is 5.91 Å². The third-order valence-corrected chi connectivity index (χ3v) is 5.84. The molecule has 1 aromatic heterocycles. The van der Waals surface area contributed by atoms with Gasteiger partial charge in [0.05, 0.1) is 30.5 Å². The highest BCUT2D eigenvalue weighted by Crippen LogP contribution is 2.45. The van der Waals surface area contributed by atoms with Gasteiger partial charge in [0, 0.05) is 10.6 Å². The Morgan fingerprint density at radius 2 is 1.83 bits per heavy atom. The number of amides is 1. The number of ketones is 1. The van der Waals surface area contributed by atoms with Crippen LogP contribution in [-0.4, -0.2) is 16.8 Å². The minimum Gasteiger partial charge on any atom is -0.469 e. The number of aliphatic hydroxyl groups is 1. The number of nitrogens with zero attached hydrogens (tertiary/aromatic N) is 1. The van der Waals surface area contributed by atoms with Gasteiger partial charge in [0.1, 0.15) is 5.76 Å². The maximum absolute atomic E-state index is 13.4. The van der Waals surface area contributed by atoms with Crippen LogP contribution in [0.15, 0.2) is 53.1 Å². The van der Waals surface area contributed by atoms with E-state index in [1.54, 1.807) is 32.0 Å². The van der Waals surface area contributed by atoms with Crippen molar-refractivity contribution in [3.63, 3.8) is 0 Å². The molecule has 6 heteroatoms. The lowest BCUT2D eigenvalue weighted by Crippen LogP contribution is -2.41. The van der Waals surface area contributed by atoms with Gasteiger partial charge in [-0.1, -0.05) is 41.4 Å². The minimum absolute atomic E-state index is 0.286. The summed E-state index contributed by atoms with van der Waals surface area (Å²) in [6.45, 7) is 5.73. The van der Waals surface area contributed by atoms with E-state index in [1.165, 1.54) is 11.2 Å². The van der Waals surface area contributed by atoms with Crippen LogP contribution < -0.4 is 4.90 Å². The summed E-state index contributed by atoms with van der Waals surface area (Å²) in [5.41, 5.74) is 2.03. The number of fused-ring (bicyclic) bond motifs is 1. The second kappa shape index (κ2) is 7.42. The van der Waals surface area contributed by atoms with Crippen molar-refractivity contribution in [2.75, 3.05) is 4.90 Å². The molecular formula is C24H22ClNO4. The lowest BCUT2D eigenvalue weighted by molar-refractivity contribution is -0.136. The van der Waals surface area contributed by atoms with Gasteiger partial charge in [-0.3, -0.25) is 9.59 Å². The highest BCUT2D eigenvalue weighted by molar-refractivity contribution is 6.31. The third kappa shape index (κ3) is 3.34. The Balaban J connectivity index is 1.73. The van der Waals surface area contributed by atoms with E-state index < -0.39 is 11.5 Å². The molecule has 0 bridgehead atoms. The van der Waals surface area contributed by atoms with Crippen LogP contribution in [0.25, 0.3) is 0 Å². The standard InChI is InChI=1S/C24H22ClNO4/c1-14-4-6-17(7-5-14)12-26-20-9-8-18(25)10-19(20)24(29,23(26)28)11-21(27)22-15(2)13-30-16(22)3/h4-10,13,29H,11-12H2,1-3H3. The van der Waals surface area contributed by atoms with Crippen LogP contribution in [0.3, 0.4) is 0 Å². The topological polar surface area (TPSA) is 70.8 Å². The number of anilines is 1. The summed E-state index contributed by atoms with van der Waals surface area (Å²) in [6.07, 6.45) is 1.11. The van der Waals surface area contributed by atoms with Crippen molar-refractivity contribution in [1.82, 2.24) is 0 Å². The first-order valence-corrected chi connectivity index (χ1v) is 10.1. The second-order valence-corrected chi connectivity index (χ2v) is 8.28. The molecule has 154 valence electrons. The monoisotopic (exact) mass is 423 g/mol. The third-order valence-electron chi connectivity index (χ3n) is 5.61. The summed E-state index contributed by atoms with van der Waals surface area (Å²) in [5.74, 6) is -0.417. The Labute approximate surface area is 179 Å². The SMILES string of the molecule is Cc1ccc(CN2C(=O)C(O)(CC(=O)c3c(C)coc3C)c3cc(Cl)ccc32)cc1. The molecule has 0 saturated heterocycles. The van der Waals surface area contributed by atoms with E-state index in [2.05, 4.69) is 0 Å². The molecular weight excluding hydrogens is 402 g/mol. The van der Waals surface area contributed by atoms with Crippen molar-refractivity contribution in [2.24, 2.45) is 0 Å². The Hall–Kier alpha value is -2.89. The van der Waals surface area contributed by atoms with Gasteiger partial charge >= 0.3 is 0 Å². The fourth-order valence-corrected chi connectivity index (χ4v) is 4.21.